The van der Waals surface area contributed by atoms with Gasteiger partial charge < -0.3 is 15.0 Å². The van der Waals surface area contributed by atoms with Gasteiger partial charge in [0.05, 0.1) is 18.3 Å². The van der Waals surface area contributed by atoms with Gasteiger partial charge in [-0.3, -0.25) is 19.7 Å². The van der Waals surface area contributed by atoms with E-state index in [4.69, 9.17) is 4.74 Å². The molecule has 1 amide bonds. The Bertz CT molecular complexity index is 676. The summed E-state index contributed by atoms with van der Waals surface area (Å²) in [6, 6.07) is 2.32. The summed E-state index contributed by atoms with van der Waals surface area (Å²) >= 11 is 0. The molecule has 2 rings (SSSR count). The minimum absolute atomic E-state index is 0.0218. The summed E-state index contributed by atoms with van der Waals surface area (Å²) in [5, 5.41) is 3.27. The summed E-state index contributed by atoms with van der Waals surface area (Å²) in [6.45, 7) is 10.0. The average Bonchev–Trinajstić information content (AvgIpc) is 2.67. The molecule has 1 N–H and O–H groups in total. The lowest BCUT2D eigenvalue weighted by molar-refractivity contribution is -0.0396. The van der Waals surface area contributed by atoms with Gasteiger partial charge >= 0.3 is 0 Å². The number of morpholine rings is 1. The topological polar surface area (TPSA) is 70.1 Å². The van der Waals surface area contributed by atoms with Crippen LogP contribution in [0.4, 0.5) is 0 Å². The van der Waals surface area contributed by atoms with E-state index in [0.717, 1.165) is 36.6 Å². The van der Waals surface area contributed by atoms with Gasteiger partial charge in [-0.2, -0.15) is 0 Å². The van der Waals surface area contributed by atoms with Crippen LogP contribution in [-0.4, -0.2) is 92.5 Å². The molecule has 2 unspecified atom stereocenters. The molecule has 7 heteroatoms. The Labute approximate surface area is 162 Å². The van der Waals surface area contributed by atoms with Crippen molar-refractivity contribution in [1.82, 2.24) is 20.1 Å². The molecule has 7 nitrogen and oxygen atoms in total. The monoisotopic (exact) mass is 375 g/mol. The summed E-state index contributed by atoms with van der Waals surface area (Å²) < 4.78 is 5.89. The number of aromatic nitrogens is 1. The number of nitrogens with one attached hydrogen (secondary N) is 1. The predicted molar refractivity (Wildman–Crippen MR) is 109 cm³/mol. The first kappa shape index (κ1) is 21.5. The van der Waals surface area contributed by atoms with E-state index in [1.54, 1.807) is 18.1 Å². The zero-order valence-corrected chi connectivity index (χ0v) is 17.5. The number of likely N-dealkylation sites (N-methyl/N-ethyl adjacent to an activating group) is 2. The lowest BCUT2D eigenvalue weighted by Crippen LogP contribution is -2.50. The van der Waals surface area contributed by atoms with Crippen molar-refractivity contribution >= 4 is 11.6 Å². The molecular formula is C20H33N5O2. The van der Waals surface area contributed by atoms with Gasteiger partial charge in [0.15, 0.2) is 0 Å². The molecule has 0 radical (unpaired) electrons. The number of aryl methyl sites for hydroxylation is 1. The fourth-order valence-electron chi connectivity index (χ4n) is 3.28. The van der Waals surface area contributed by atoms with Gasteiger partial charge in [0.25, 0.3) is 5.91 Å². The molecule has 0 bridgehead atoms. The zero-order chi connectivity index (χ0) is 20.0. The molecule has 0 saturated carbocycles. The number of pyridine rings is 1. The van der Waals surface area contributed by atoms with E-state index in [2.05, 4.69) is 27.1 Å². The second-order valence-corrected chi connectivity index (χ2v) is 7.29. The maximum Gasteiger partial charge on any atom is 0.255 e. The number of hydrogen-bond donors (Lipinski definition) is 1. The molecule has 0 aliphatic carbocycles. The van der Waals surface area contributed by atoms with Crippen LogP contribution < -0.4 is 5.32 Å². The second kappa shape index (κ2) is 9.92. The van der Waals surface area contributed by atoms with E-state index in [0.29, 0.717) is 24.8 Å². The van der Waals surface area contributed by atoms with Crippen LogP contribution in [0, 0.1) is 6.92 Å². The first-order valence-electron chi connectivity index (χ1n) is 9.52. The molecular weight excluding hydrogens is 342 g/mol. The Kier molecular flexibility index (Phi) is 7.89. The molecule has 150 valence electrons. The summed E-state index contributed by atoms with van der Waals surface area (Å²) in [5.74, 6) is -0.0445. The molecule has 2 heterocycles. The highest BCUT2D eigenvalue weighted by molar-refractivity contribution is 6.02. The van der Waals surface area contributed by atoms with E-state index in [1.165, 1.54) is 0 Å². The molecule has 1 saturated heterocycles. The Morgan fingerprint density at radius 2 is 2.30 bits per heavy atom. The predicted octanol–water partition coefficient (Wildman–Crippen LogP) is 1.21. The Hall–Kier alpha value is -1.83. The number of carbonyl (C=O) groups excluding carboxylic acids is 1. The van der Waals surface area contributed by atoms with Crippen molar-refractivity contribution in [2.75, 3.05) is 53.9 Å². The molecule has 2 atom stereocenters. The third-order valence-electron chi connectivity index (χ3n) is 5.13. The standard InChI is InChI=1S/C20H33N5O2/c1-14(21-4)11-25-7-8-27-18(13-25)12-24(6)20(26)17-9-19(15(2)22-5)16(3)23-10-17/h9-10,14,18,21H,7-8,11-13H2,1-6H3/b22-15-. The van der Waals surface area contributed by atoms with Gasteiger partial charge in [-0.1, -0.05) is 0 Å². The molecule has 27 heavy (non-hydrogen) atoms. The lowest BCUT2D eigenvalue weighted by Gasteiger charge is -2.36. The Balaban J connectivity index is 2.01. The van der Waals surface area contributed by atoms with Crippen LogP contribution >= 0.6 is 0 Å². The van der Waals surface area contributed by atoms with Crippen LogP contribution in [0.5, 0.6) is 0 Å². The molecule has 1 aliphatic heterocycles. The smallest absolute Gasteiger partial charge is 0.255 e. The van der Waals surface area contributed by atoms with Crippen molar-refractivity contribution in [1.29, 1.82) is 0 Å². The molecule has 1 aromatic heterocycles. The first-order chi connectivity index (χ1) is 12.8. The maximum atomic E-state index is 12.9. The molecule has 0 spiro atoms. The highest BCUT2D eigenvalue weighted by Crippen LogP contribution is 2.13. The van der Waals surface area contributed by atoms with Crippen LogP contribution in [0.15, 0.2) is 17.3 Å². The van der Waals surface area contributed by atoms with Crippen molar-refractivity contribution in [3.8, 4) is 0 Å². The maximum absolute atomic E-state index is 12.9. The number of rotatable bonds is 7. The van der Waals surface area contributed by atoms with Crippen molar-refractivity contribution < 1.29 is 9.53 Å². The number of ether oxygens (including phenoxy) is 1. The second-order valence-electron chi connectivity index (χ2n) is 7.29. The number of nitrogens with zero attached hydrogens (tertiary/aromatic N) is 4. The fraction of sp³-hybridized carbons (Fsp3) is 0.650. The van der Waals surface area contributed by atoms with Crippen LogP contribution in [0.1, 0.15) is 35.5 Å². The highest BCUT2D eigenvalue weighted by Gasteiger charge is 2.25. The Morgan fingerprint density at radius 1 is 1.56 bits per heavy atom. The van der Waals surface area contributed by atoms with Crippen molar-refractivity contribution in [2.24, 2.45) is 4.99 Å². The normalized spacial score (nSPS) is 19.8. The third-order valence-corrected chi connectivity index (χ3v) is 5.13. The van der Waals surface area contributed by atoms with E-state index in [9.17, 15) is 4.79 Å². The van der Waals surface area contributed by atoms with E-state index < -0.39 is 0 Å². The highest BCUT2D eigenvalue weighted by atomic mass is 16.5. The quantitative estimate of drug-likeness (QED) is 0.726. The van der Waals surface area contributed by atoms with Gasteiger partial charge in [-0.05, 0) is 33.9 Å². The SMILES string of the molecule is C/N=C(/C)c1cc(C(=O)N(C)CC2CN(CC(C)NC)CCO2)cnc1C. The number of hydrogen-bond acceptors (Lipinski definition) is 6. The van der Waals surface area contributed by atoms with Gasteiger partial charge in [0.2, 0.25) is 0 Å². The fourth-order valence-corrected chi connectivity index (χ4v) is 3.28. The summed E-state index contributed by atoms with van der Waals surface area (Å²) in [4.78, 5) is 25.6. The molecule has 1 aliphatic rings. The third kappa shape index (κ3) is 5.82. The summed E-state index contributed by atoms with van der Waals surface area (Å²) in [7, 11) is 5.54. The minimum Gasteiger partial charge on any atom is -0.374 e. The number of amides is 1. The van der Waals surface area contributed by atoms with Crippen molar-refractivity contribution in [3.63, 3.8) is 0 Å². The number of aliphatic imine (C=N–C) groups is 1. The average molecular weight is 376 g/mol. The van der Waals surface area contributed by atoms with E-state index >= 15 is 0 Å². The van der Waals surface area contributed by atoms with E-state index in [-0.39, 0.29) is 12.0 Å². The van der Waals surface area contributed by atoms with Crippen LogP contribution in [0.25, 0.3) is 0 Å². The number of carbonyl (C=O) groups is 1. The van der Waals surface area contributed by atoms with Gasteiger partial charge in [0, 0.05) is 69.5 Å². The molecule has 1 fully saturated rings. The molecule has 0 aromatic carbocycles. The van der Waals surface area contributed by atoms with Crippen LogP contribution in [-0.2, 0) is 4.74 Å². The lowest BCUT2D eigenvalue weighted by atomic mass is 10.1. The minimum atomic E-state index is -0.0445. The van der Waals surface area contributed by atoms with Gasteiger partial charge in [-0.15, -0.1) is 0 Å². The van der Waals surface area contributed by atoms with Crippen LogP contribution in [0.2, 0.25) is 0 Å². The van der Waals surface area contributed by atoms with Crippen LogP contribution in [0.3, 0.4) is 0 Å². The van der Waals surface area contributed by atoms with Gasteiger partial charge in [-0.25, -0.2) is 0 Å². The summed E-state index contributed by atoms with van der Waals surface area (Å²) in [6.07, 6.45) is 1.66. The van der Waals surface area contributed by atoms with E-state index in [1.807, 2.05) is 34.0 Å². The van der Waals surface area contributed by atoms with Crippen molar-refractivity contribution in [2.45, 2.75) is 32.9 Å². The largest absolute Gasteiger partial charge is 0.374 e. The Morgan fingerprint density at radius 3 is 2.96 bits per heavy atom. The zero-order valence-electron chi connectivity index (χ0n) is 17.5. The van der Waals surface area contributed by atoms with Gasteiger partial charge in [0.1, 0.15) is 0 Å². The van der Waals surface area contributed by atoms with Crippen molar-refractivity contribution in [3.05, 3.63) is 29.1 Å². The molecule has 1 aromatic rings. The summed E-state index contributed by atoms with van der Waals surface area (Å²) in [5.41, 5.74) is 3.25. The first-order valence-corrected chi connectivity index (χ1v) is 9.52.